The van der Waals surface area contributed by atoms with Crippen molar-refractivity contribution in [3.05, 3.63) is 50.4 Å². The maximum absolute atomic E-state index is 14.4. The minimum atomic E-state index is -0.242. The molecule has 5 heteroatoms. The molecule has 0 aliphatic heterocycles. The number of likely N-dealkylation sites (N-methyl/N-ethyl adjacent to an activating group) is 1. The largest absolute Gasteiger partial charge is 0.369 e. The molecular formula is C15H18BrFN2S. The summed E-state index contributed by atoms with van der Waals surface area (Å²) in [5.41, 5.74) is 6.97. The summed E-state index contributed by atoms with van der Waals surface area (Å²) in [5, 5.41) is 2.06. The van der Waals surface area contributed by atoms with E-state index in [4.69, 9.17) is 5.73 Å². The zero-order chi connectivity index (χ0) is 14.7. The summed E-state index contributed by atoms with van der Waals surface area (Å²) in [6.07, 6.45) is 0.907. The first-order chi connectivity index (χ1) is 9.54. The number of hydrogen-bond donors (Lipinski definition) is 1. The lowest BCUT2D eigenvalue weighted by molar-refractivity contribution is 0.597. The second-order valence-corrected chi connectivity index (χ2v) is 6.64. The lowest BCUT2D eigenvalue weighted by atomic mass is 10.1. The Morgan fingerprint density at radius 2 is 2.15 bits per heavy atom. The van der Waals surface area contributed by atoms with Gasteiger partial charge < -0.3 is 10.6 Å². The summed E-state index contributed by atoms with van der Waals surface area (Å²) < 4.78 is 14.9. The minimum Gasteiger partial charge on any atom is -0.369 e. The molecule has 1 atom stereocenters. The van der Waals surface area contributed by atoms with Crippen LogP contribution in [0.5, 0.6) is 0 Å². The normalized spacial score (nSPS) is 12.4. The average Bonchev–Trinajstić information content (AvgIpc) is 2.94. The van der Waals surface area contributed by atoms with Crippen LogP contribution in [0.2, 0.25) is 0 Å². The Morgan fingerprint density at radius 1 is 1.40 bits per heavy atom. The predicted octanol–water partition coefficient (Wildman–Crippen LogP) is 4.18. The number of rotatable bonds is 5. The van der Waals surface area contributed by atoms with Crippen LogP contribution in [-0.4, -0.2) is 13.1 Å². The highest BCUT2D eigenvalue weighted by molar-refractivity contribution is 9.10. The van der Waals surface area contributed by atoms with Crippen molar-refractivity contribution < 1.29 is 4.39 Å². The number of nitrogens with two attached hydrogens (primary N) is 1. The topological polar surface area (TPSA) is 29.3 Å². The molecule has 0 radical (unpaired) electrons. The monoisotopic (exact) mass is 356 g/mol. The summed E-state index contributed by atoms with van der Waals surface area (Å²) in [6.45, 7) is 2.43. The smallest absolute Gasteiger partial charge is 0.160 e. The zero-order valence-electron chi connectivity index (χ0n) is 11.6. The molecule has 0 saturated carbocycles. The maximum Gasteiger partial charge on any atom is 0.160 e. The van der Waals surface area contributed by atoms with E-state index in [0.29, 0.717) is 16.7 Å². The van der Waals surface area contributed by atoms with Gasteiger partial charge in [0.2, 0.25) is 0 Å². The van der Waals surface area contributed by atoms with E-state index in [1.165, 1.54) is 4.88 Å². The average molecular weight is 357 g/mol. The first-order valence-corrected chi connectivity index (χ1v) is 8.14. The van der Waals surface area contributed by atoms with E-state index in [0.717, 1.165) is 12.0 Å². The third-order valence-electron chi connectivity index (χ3n) is 3.48. The van der Waals surface area contributed by atoms with Crippen LogP contribution >= 0.6 is 27.3 Å². The number of nitrogens with zero attached hydrogens (tertiary/aromatic N) is 1. The fourth-order valence-corrected chi connectivity index (χ4v) is 3.43. The summed E-state index contributed by atoms with van der Waals surface area (Å²) in [7, 11) is 1.92. The maximum atomic E-state index is 14.4. The van der Waals surface area contributed by atoms with Gasteiger partial charge in [-0.2, -0.15) is 0 Å². The van der Waals surface area contributed by atoms with Crippen molar-refractivity contribution in [3.63, 3.8) is 0 Å². The van der Waals surface area contributed by atoms with Crippen molar-refractivity contribution in [2.75, 3.05) is 11.9 Å². The van der Waals surface area contributed by atoms with Crippen LogP contribution in [0.1, 0.15) is 17.4 Å². The molecule has 0 bridgehead atoms. The quantitative estimate of drug-likeness (QED) is 0.870. The minimum absolute atomic E-state index is 0.221. The van der Waals surface area contributed by atoms with Gasteiger partial charge in [-0.25, -0.2) is 4.39 Å². The van der Waals surface area contributed by atoms with Crippen LogP contribution in [0, 0.1) is 5.82 Å². The van der Waals surface area contributed by atoms with Crippen molar-refractivity contribution in [1.29, 1.82) is 0 Å². The second kappa shape index (κ2) is 6.70. The Balaban J connectivity index is 2.20. The van der Waals surface area contributed by atoms with E-state index in [9.17, 15) is 4.39 Å². The molecule has 2 aromatic rings. The molecule has 2 nitrogen and oxygen atoms in total. The van der Waals surface area contributed by atoms with Crippen LogP contribution < -0.4 is 10.6 Å². The van der Waals surface area contributed by atoms with E-state index in [1.54, 1.807) is 17.4 Å². The van der Waals surface area contributed by atoms with Crippen LogP contribution in [0.25, 0.3) is 0 Å². The third kappa shape index (κ3) is 3.22. The summed E-state index contributed by atoms with van der Waals surface area (Å²) in [4.78, 5) is 3.28. The molecule has 0 fully saturated rings. The molecule has 0 aliphatic rings. The van der Waals surface area contributed by atoms with Crippen molar-refractivity contribution in [3.8, 4) is 0 Å². The van der Waals surface area contributed by atoms with E-state index in [2.05, 4.69) is 34.3 Å². The van der Waals surface area contributed by atoms with Gasteiger partial charge in [-0.1, -0.05) is 12.1 Å². The molecule has 1 aromatic carbocycles. The molecular weight excluding hydrogens is 339 g/mol. The van der Waals surface area contributed by atoms with Gasteiger partial charge in [0, 0.05) is 30.9 Å². The summed E-state index contributed by atoms with van der Waals surface area (Å²) >= 11 is 5.02. The van der Waals surface area contributed by atoms with Gasteiger partial charge in [0.05, 0.1) is 10.2 Å². The van der Waals surface area contributed by atoms with Gasteiger partial charge in [0.1, 0.15) is 0 Å². The van der Waals surface area contributed by atoms with Crippen LogP contribution in [0.15, 0.2) is 34.1 Å². The summed E-state index contributed by atoms with van der Waals surface area (Å²) in [6, 6.07) is 8.04. The third-order valence-corrected chi connectivity index (χ3v) is 5.24. The highest BCUT2D eigenvalue weighted by atomic mass is 79.9. The van der Waals surface area contributed by atoms with E-state index in [-0.39, 0.29) is 11.9 Å². The van der Waals surface area contributed by atoms with Crippen LogP contribution in [0.3, 0.4) is 0 Å². The van der Waals surface area contributed by atoms with Gasteiger partial charge in [0.25, 0.3) is 0 Å². The number of benzene rings is 1. The Morgan fingerprint density at radius 3 is 2.75 bits per heavy atom. The molecule has 0 saturated heterocycles. The van der Waals surface area contributed by atoms with Crippen LogP contribution in [0.4, 0.5) is 10.1 Å². The van der Waals surface area contributed by atoms with Crippen molar-refractivity contribution in [1.82, 2.24) is 0 Å². The molecule has 1 heterocycles. The SMILES string of the molecule is CC(Cc1cccs1)N(C)c1ccc(CN)c(Br)c1F. The Hall–Kier alpha value is -0.910. The van der Waals surface area contributed by atoms with E-state index >= 15 is 0 Å². The lowest BCUT2D eigenvalue weighted by Gasteiger charge is -2.27. The zero-order valence-corrected chi connectivity index (χ0v) is 14.0. The molecule has 0 aliphatic carbocycles. The van der Waals surface area contributed by atoms with Crippen molar-refractivity contribution in [2.45, 2.75) is 25.9 Å². The fraction of sp³-hybridized carbons (Fsp3) is 0.333. The number of hydrogen-bond acceptors (Lipinski definition) is 3. The number of thiophene rings is 1. The fourth-order valence-electron chi connectivity index (χ4n) is 2.10. The van der Waals surface area contributed by atoms with Gasteiger partial charge in [0.15, 0.2) is 5.82 Å². The first-order valence-electron chi connectivity index (χ1n) is 6.46. The van der Waals surface area contributed by atoms with Gasteiger partial charge in [-0.3, -0.25) is 0 Å². The Bertz CT molecular complexity index is 572. The second-order valence-electron chi connectivity index (χ2n) is 4.82. The van der Waals surface area contributed by atoms with Gasteiger partial charge >= 0.3 is 0 Å². The first kappa shape index (κ1) is 15.5. The van der Waals surface area contributed by atoms with Gasteiger partial charge in [-0.15, -0.1) is 11.3 Å². The molecule has 108 valence electrons. The molecule has 0 amide bonds. The standard InChI is InChI=1S/C15H18BrFN2S/c1-10(8-12-4-3-7-20-12)19(2)13-6-5-11(9-18)14(16)15(13)17/h3-7,10H,8-9,18H2,1-2H3. The van der Waals surface area contributed by atoms with E-state index < -0.39 is 0 Å². The summed E-state index contributed by atoms with van der Waals surface area (Å²) in [5.74, 6) is -0.242. The highest BCUT2D eigenvalue weighted by Crippen LogP contribution is 2.30. The Labute approximate surface area is 131 Å². The number of anilines is 1. The molecule has 1 aromatic heterocycles. The Kier molecular flexibility index (Phi) is 5.18. The molecule has 2 N–H and O–H groups in total. The predicted molar refractivity (Wildman–Crippen MR) is 87.9 cm³/mol. The molecule has 0 spiro atoms. The van der Waals surface area contributed by atoms with Crippen molar-refractivity contribution >= 4 is 33.0 Å². The van der Waals surface area contributed by atoms with Gasteiger partial charge in [-0.05, 0) is 45.9 Å². The lowest BCUT2D eigenvalue weighted by Crippen LogP contribution is -2.31. The van der Waals surface area contributed by atoms with Crippen LogP contribution in [-0.2, 0) is 13.0 Å². The molecule has 1 unspecified atom stereocenters. The highest BCUT2D eigenvalue weighted by Gasteiger charge is 2.18. The van der Waals surface area contributed by atoms with E-state index in [1.807, 2.05) is 24.1 Å². The molecule has 20 heavy (non-hydrogen) atoms. The number of halogens is 2. The molecule has 2 rings (SSSR count). The van der Waals surface area contributed by atoms with Crippen molar-refractivity contribution in [2.24, 2.45) is 5.73 Å².